The number of benzene rings is 2. The van der Waals surface area contributed by atoms with Crippen molar-refractivity contribution in [2.24, 2.45) is 4.99 Å². The molecule has 1 aliphatic heterocycles. The SMILES string of the molecule is CN=C(NCCc1c[nH]c2ccccc12)NC1CCN(c2cc(OC)cc(OC)c2)C1.I. The van der Waals surface area contributed by atoms with Crippen LogP contribution in [0.15, 0.2) is 53.7 Å². The molecule has 3 aromatic rings. The van der Waals surface area contributed by atoms with Crippen LogP contribution in [0.5, 0.6) is 11.5 Å². The van der Waals surface area contributed by atoms with Gasteiger partial charge in [-0.05, 0) is 24.5 Å². The lowest BCUT2D eigenvalue weighted by molar-refractivity contribution is 0.394. The van der Waals surface area contributed by atoms with Crippen molar-refractivity contribution in [3.8, 4) is 11.5 Å². The zero-order valence-corrected chi connectivity index (χ0v) is 21.2. The molecule has 172 valence electrons. The Morgan fingerprint density at radius 3 is 2.62 bits per heavy atom. The Morgan fingerprint density at radius 2 is 1.91 bits per heavy atom. The highest BCUT2D eigenvalue weighted by molar-refractivity contribution is 14.0. The molecule has 2 aromatic carbocycles. The molecule has 1 saturated heterocycles. The molecular formula is C24H32IN5O2. The maximum Gasteiger partial charge on any atom is 0.191 e. The predicted octanol–water partition coefficient (Wildman–Crippen LogP) is 3.79. The van der Waals surface area contributed by atoms with Crippen LogP contribution in [0, 0.1) is 0 Å². The predicted molar refractivity (Wildman–Crippen MR) is 142 cm³/mol. The van der Waals surface area contributed by atoms with Gasteiger partial charge in [-0.3, -0.25) is 4.99 Å². The van der Waals surface area contributed by atoms with Crippen molar-refractivity contribution in [3.05, 3.63) is 54.2 Å². The fourth-order valence-corrected chi connectivity index (χ4v) is 4.13. The Hall–Kier alpha value is -2.62. The van der Waals surface area contributed by atoms with Crippen LogP contribution in [0.25, 0.3) is 10.9 Å². The van der Waals surface area contributed by atoms with Crippen molar-refractivity contribution in [1.82, 2.24) is 15.6 Å². The monoisotopic (exact) mass is 549 g/mol. The summed E-state index contributed by atoms with van der Waals surface area (Å²) in [5.41, 5.74) is 3.61. The standard InChI is InChI=1S/C24H31N5O2.HI/c1-25-24(26-10-8-17-15-27-23-7-5-4-6-22(17)23)28-18-9-11-29(16-18)19-12-20(30-2)14-21(13-19)31-3;/h4-7,12-15,18,27H,8-11,16H2,1-3H3,(H2,25,26,28);1H. The van der Waals surface area contributed by atoms with Crippen molar-refractivity contribution >= 4 is 46.5 Å². The molecule has 1 atom stereocenters. The molecule has 0 spiro atoms. The van der Waals surface area contributed by atoms with Gasteiger partial charge in [-0.1, -0.05) is 18.2 Å². The summed E-state index contributed by atoms with van der Waals surface area (Å²) in [6, 6.07) is 14.7. The Labute approximate surface area is 206 Å². The molecule has 0 bridgehead atoms. The summed E-state index contributed by atoms with van der Waals surface area (Å²) < 4.78 is 10.8. The first-order valence-electron chi connectivity index (χ1n) is 10.7. The number of guanidine groups is 1. The zero-order chi connectivity index (χ0) is 21.6. The second-order valence-corrected chi connectivity index (χ2v) is 7.76. The molecule has 32 heavy (non-hydrogen) atoms. The van der Waals surface area contributed by atoms with Crippen LogP contribution in [0.2, 0.25) is 0 Å². The first-order valence-corrected chi connectivity index (χ1v) is 10.7. The maximum absolute atomic E-state index is 5.41. The van der Waals surface area contributed by atoms with E-state index >= 15 is 0 Å². The number of H-pyrrole nitrogens is 1. The number of anilines is 1. The van der Waals surface area contributed by atoms with Crippen molar-refractivity contribution < 1.29 is 9.47 Å². The van der Waals surface area contributed by atoms with Gasteiger partial charge in [0.25, 0.3) is 0 Å². The van der Waals surface area contributed by atoms with Gasteiger partial charge in [0.2, 0.25) is 0 Å². The molecule has 0 aliphatic carbocycles. The Morgan fingerprint density at radius 1 is 1.16 bits per heavy atom. The number of halogens is 1. The number of aromatic amines is 1. The summed E-state index contributed by atoms with van der Waals surface area (Å²) in [5, 5.41) is 8.31. The number of nitrogens with one attached hydrogen (secondary N) is 3. The average Bonchev–Trinajstić information content (AvgIpc) is 3.45. The minimum absolute atomic E-state index is 0. The number of aliphatic imine (C=N–C) groups is 1. The van der Waals surface area contributed by atoms with E-state index in [9.17, 15) is 0 Å². The van der Waals surface area contributed by atoms with Crippen LogP contribution in [0.3, 0.4) is 0 Å². The third-order valence-electron chi connectivity index (χ3n) is 5.82. The maximum atomic E-state index is 5.41. The molecule has 7 nitrogen and oxygen atoms in total. The number of rotatable bonds is 7. The lowest BCUT2D eigenvalue weighted by atomic mass is 10.1. The van der Waals surface area contributed by atoms with Crippen LogP contribution in [-0.4, -0.2) is 57.9 Å². The third-order valence-corrected chi connectivity index (χ3v) is 5.82. The normalized spacial score (nSPS) is 16.0. The van der Waals surface area contributed by atoms with Gasteiger partial charge in [-0.25, -0.2) is 0 Å². The number of methoxy groups -OCH3 is 2. The second-order valence-electron chi connectivity index (χ2n) is 7.76. The molecule has 3 N–H and O–H groups in total. The van der Waals surface area contributed by atoms with Crippen LogP contribution >= 0.6 is 24.0 Å². The summed E-state index contributed by atoms with van der Waals surface area (Å²) in [6.07, 6.45) is 4.08. The first-order chi connectivity index (χ1) is 15.2. The van der Waals surface area contributed by atoms with E-state index in [1.165, 1.54) is 16.5 Å². The topological polar surface area (TPSA) is 73.9 Å². The Kier molecular flexibility index (Phi) is 8.49. The van der Waals surface area contributed by atoms with Crippen LogP contribution in [0.4, 0.5) is 5.69 Å². The van der Waals surface area contributed by atoms with E-state index in [0.29, 0.717) is 6.04 Å². The number of hydrogen-bond donors (Lipinski definition) is 3. The van der Waals surface area contributed by atoms with E-state index < -0.39 is 0 Å². The van der Waals surface area contributed by atoms with E-state index in [4.69, 9.17) is 9.47 Å². The summed E-state index contributed by atoms with van der Waals surface area (Å²) >= 11 is 0. The number of para-hydroxylation sites is 1. The van der Waals surface area contributed by atoms with Gasteiger partial charge in [0.1, 0.15) is 11.5 Å². The summed E-state index contributed by atoms with van der Waals surface area (Å²) in [6.45, 7) is 2.70. The molecule has 1 aliphatic rings. The van der Waals surface area contributed by atoms with Gasteiger partial charge >= 0.3 is 0 Å². The lowest BCUT2D eigenvalue weighted by Gasteiger charge is -2.21. The Bertz CT molecular complexity index is 1030. The number of hydrogen-bond acceptors (Lipinski definition) is 4. The van der Waals surface area contributed by atoms with Crippen molar-refractivity contribution in [1.29, 1.82) is 0 Å². The third kappa shape index (κ3) is 5.59. The van der Waals surface area contributed by atoms with Gasteiger partial charge in [-0.15, -0.1) is 24.0 Å². The number of aromatic nitrogens is 1. The molecule has 4 rings (SSSR count). The van der Waals surface area contributed by atoms with E-state index in [1.54, 1.807) is 14.2 Å². The van der Waals surface area contributed by atoms with Crippen LogP contribution in [-0.2, 0) is 6.42 Å². The molecule has 1 unspecified atom stereocenters. The van der Waals surface area contributed by atoms with E-state index in [0.717, 1.165) is 55.6 Å². The molecule has 0 saturated carbocycles. The minimum Gasteiger partial charge on any atom is -0.497 e. The van der Waals surface area contributed by atoms with E-state index in [1.807, 2.05) is 13.1 Å². The summed E-state index contributed by atoms with van der Waals surface area (Å²) in [7, 11) is 5.18. The van der Waals surface area contributed by atoms with Crippen LogP contribution < -0.4 is 25.0 Å². The van der Waals surface area contributed by atoms with Gasteiger partial charge < -0.3 is 30.0 Å². The van der Waals surface area contributed by atoms with E-state index in [2.05, 4.69) is 68.1 Å². The molecule has 1 fully saturated rings. The molecular weight excluding hydrogens is 517 g/mol. The number of ether oxygens (including phenoxy) is 2. The largest absolute Gasteiger partial charge is 0.497 e. The van der Waals surface area contributed by atoms with Gasteiger partial charge in [0, 0.05) is 73.7 Å². The number of nitrogens with zero attached hydrogens (tertiary/aromatic N) is 2. The Balaban J connectivity index is 0.00000289. The first kappa shape index (κ1) is 24.0. The highest BCUT2D eigenvalue weighted by Crippen LogP contribution is 2.30. The highest BCUT2D eigenvalue weighted by atomic mass is 127. The fraction of sp³-hybridized carbons (Fsp3) is 0.375. The smallest absolute Gasteiger partial charge is 0.191 e. The molecule has 2 heterocycles. The van der Waals surface area contributed by atoms with Gasteiger partial charge in [-0.2, -0.15) is 0 Å². The average molecular weight is 549 g/mol. The van der Waals surface area contributed by atoms with Crippen molar-refractivity contribution in [2.75, 3.05) is 45.8 Å². The molecule has 8 heteroatoms. The fourth-order valence-electron chi connectivity index (χ4n) is 4.13. The number of fused-ring (bicyclic) bond motifs is 1. The summed E-state index contributed by atoms with van der Waals surface area (Å²) in [4.78, 5) is 10.1. The summed E-state index contributed by atoms with van der Waals surface area (Å²) in [5.74, 6) is 2.45. The lowest BCUT2D eigenvalue weighted by Crippen LogP contribution is -2.45. The molecule has 0 amide bonds. The molecule has 0 radical (unpaired) electrons. The molecule has 1 aromatic heterocycles. The highest BCUT2D eigenvalue weighted by Gasteiger charge is 2.24. The van der Waals surface area contributed by atoms with Crippen molar-refractivity contribution in [3.63, 3.8) is 0 Å². The second kappa shape index (κ2) is 11.3. The van der Waals surface area contributed by atoms with Gasteiger partial charge in [0.05, 0.1) is 14.2 Å². The van der Waals surface area contributed by atoms with Gasteiger partial charge in [0.15, 0.2) is 5.96 Å². The van der Waals surface area contributed by atoms with Crippen LogP contribution in [0.1, 0.15) is 12.0 Å². The van der Waals surface area contributed by atoms with E-state index in [-0.39, 0.29) is 24.0 Å². The quantitative estimate of drug-likeness (QED) is 0.238. The minimum atomic E-state index is 0. The van der Waals surface area contributed by atoms with Crippen molar-refractivity contribution in [2.45, 2.75) is 18.9 Å². The zero-order valence-electron chi connectivity index (χ0n) is 18.9.